The van der Waals surface area contributed by atoms with Gasteiger partial charge in [-0.15, -0.1) is 0 Å². The number of rotatable bonds is 8. The molecule has 3 aromatic rings. The zero-order valence-corrected chi connectivity index (χ0v) is 16.4. The van der Waals surface area contributed by atoms with Crippen molar-refractivity contribution in [2.75, 3.05) is 18.5 Å². The van der Waals surface area contributed by atoms with E-state index in [2.05, 4.69) is 15.5 Å². The molecule has 0 aliphatic rings. The second-order valence-electron chi connectivity index (χ2n) is 6.06. The predicted molar refractivity (Wildman–Crippen MR) is 106 cm³/mol. The number of nitriles is 1. The van der Waals surface area contributed by atoms with Crippen LogP contribution < -0.4 is 14.2 Å². The van der Waals surface area contributed by atoms with E-state index >= 15 is 0 Å². The third-order valence-corrected chi connectivity index (χ3v) is 5.05. The summed E-state index contributed by atoms with van der Waals surface area (Å²) in [5, 5.41) is 19.4. The van der Waals surface area contributed by atoms with Crippen molar-refractivity contribution in [3.8, 4) is 17.6 Å². The Morgan fingerprint density at radius 2 is 1.83 bits per heavy atom. The van der Waals surface area contributed by atoms with E-state index in [9.17, 15) is 8.42 Å². The average molecular weight is 410 g/mol. The van der Waals surface area contributed by atoms with E-state index in [1.807, 2.05) is 13.0 Å². The van der Waals surface area contributed by atoms with Crippen molar-refractivity contribution in [2.45, 2.75) is 11.8 Å². The van der Waals surface area contributed by atoms with Gasteiger partial charge < -0.3 is 14.2 Å². The molecule has 3 rings (SSSR count). The molecule has 0 aliphatic heterocycles. The molecule has 29 heavy (non-hydrogen) atoms. The first-order valence-corrected chi connectivity index (χ1v) is 10.1. The maximum absolute atomic E-state index is 12.5. The summed E-state index contributed by atoms with van der Waals surface area (Å²) in [6.45, 7) is 2.70. The highest BCUT2D eigenvalue weighted by Crippen LogP contribution is 2.26. The van der Waals surface area contributed by atoms with Gasteiger partial charge in [0.1, 0.15) is 23.0 Å². The zero-order valence-electron chi connectivity index (χ0n) is 15.6. The van der Waals surface area contributed by atoms with E-state index in [0.717, 1.165) is 11.3 Å². The van der Waals surface area contributed by atoms with Crippen molar-refractivity contribution in [1.29, 1.82) is 5.26 Å². The van der Waals surface area contributed by atoms with Crippen LogP contribution >= 0.6 is 0 Å². The lowest BCUT2D eigenvalue weighted by molar-refractivity contribution is 0.331. The van der Waals surface area contributed by atoms with Gasteiger partial charge in [-0.25, -0.2) is 0 Å². The van der Waals surface area contributed by atoms with Crippen LogP contribution in [0.15, 0.2) is 65.8 Å². The number of aryl methyl sites for hydroxylation is 1. The van der Waals surface area contributed by atoms with Crippen LogP contribution in [0.1, 0.15) is 11.1 Å². The molecule has 0 unspecified atom stereocenters. The molecule has 0 radical (unpaired) electrons. The Balaban J connectivity index is 1.64. The van der Waals surface area contributed by atoms with Gasteiger partial charge in [0.05, 0.1) is 29.7 Å². The average Bonchev–Trinajstić information content (AvgIpc) is 2.71. The first-order valence-electron chi connectivity index (χ1n) is 8.66. The summed E-state index contributed by atoms with van der Waals surface area (Å²) in [5.41, 5.74) is 1.98. The molecule has 2 aromatic carbocycles. The van der Waals surface area contributed by atoms with Gasteiger partial charge in [0, 0.05) is 12.6 Å². The third-order valence-electron chi connectivity index (χ3n) is 3.79. The Bertz CT molecular complexity index is 1110. The van der Waals surface area contributed by atoms with Crippen molar-refractivity contribution in [3.63, 3.8) is 0 Å². The molecule has 1 aromatic heterocycles. The largest absolute Gasteiger partial charge is 0.492 e. The standard InChI is InChI=1S/C20H18N4O4S/c1-15-10-18(27-9-8-22-17-6-7-23-24-14-17)12-19(11-15)28-29(25,26)20-4-2-16(13-21)3-5-20/h2-7,10-12,14H,8-9H2,1H3,(H,22,23). The minimum Gasteiger partial charge on any atom is -0.492 e. The molecule has 9 heteroatoms. The zero-order chi connectivity index (χ0) is 20.7. The molecule has 0 saturated heterocycles. The fraction of sp³-hybridized carbons (Fsp3) is 0.150. The van der Waals surface area contributed by atoms with Crippen molar-refractivity contribution in [2.24, 2.45) is 0 Å². The van der Waals surface area contributed by atoms with E-state index < -0.39 is 10.1 Å². The lowest BCUT2D eigenvalue weighted by atomic mass is 10.2. The summed E-state index contributed by atoms with van der Waals surface area (Å²) in [5.74, 6) is 0.639. The van der Waals surface area contributed by atoms with Gasteiger partial charge in [-0.2, -0.15) is 23.9 Å². The number of hydrogen-bond donors (Lipinski definition) is 1. The van der Waals surface area contributed by atoms with Crippen LogP contribution in [-0.4, -0.2) is 31.8 Å². The number of ether oxygens (including phenoxy) is 1. The molecule has 0 saturated carbocycles. The lowest BCUT2D eigenvalue weighted by Crippen LogP contribution is -2.12. The second-order valence-corrected chi connectivity index (χ2v) is 7.61. The summed E-state index contributed by atoms with van der Waals surface area (Å²) < 4.78 is 35.9. The molecule has 148 valence electrons. The number of nitrogens with zero attached hydrogens (tertiary/aromatic N) is 3. The van der Waals surface area contributed by atoms with Crippen LogP contribution in [0.5, 0.6) is 11.5 Å². The smallest absolute Gasteiger partial charge is 0.339 e. The highest BCUT2D eigenvalue weighted by Gasteiger charge is 2.17. The van der Waals surface area contributed by atoms with Crippen LogP contribution in [0.25, 0.3) is 0 Å². The van der Waals surface area contributed by atoms with E-state index in [1.165, 1.54) is 30.3 Å². The summed E-state index contributed by atoms with van der Waals surface area (Å²) in [7, 11) is -4.02. The maximum Gasteiger partial charge on any atom is 0.339 e. The first kappa shape index (κ1) is 20.1. The van der Waals surface area contributed by atoms with E-state index in [4.69, 9.17) is 14.2 Å². The molecule has 1 heterocycles. The van der Waals surface area contributed by atoms with Crippen LogP contribution in [0.2, 0.25) is 0 Å². The molecule has 1 N–H and O–H groups in total. The topological polar surface area (TPSA) is 114 Å². The van der Waals surface area contributed by atoms with Gasteiger partial charge in [-0.1, -0.05) is 0 Å². The summed E-state index contributed by atoms with van der Waals surface area (Å²) in [4.78, 5) is -0.0318. The highest BCUT2D eigenvalue weighted by molar-refractivity contribution is 7.87. The number of aromatic nitrogens is 2. The van der Waals surface area contributed by atoms with E-state index in [0.29, 0.717) is 24.5 Å². The van der Waals surface area contributed by atoms with Crippen LogP contribution in [0, 0.1) is 18.3 Å². The molecule has 0 atom stereocenters. The Labute approximate surface area is 168 Å². The van der Waals surface area contributed by atoms with Gasteiger partial charge in [0.2, 0.25) is 0 Å². The van der Waals surface area contributed by atoms with Gasteiger partial charge in [-0.3, -0.25) is 0 Å². The number of benzene rings is 2. The van der Waals surface area contributed by atoms with Crippen LogP contribution in [-0.2, 0) is 10.1 Å². The molecular formula is C20H18N4O4S. The summed E-state index contributed by atoms with van der Waals surface area (Å²) >= 11 is 0. The summed E-state index contributed by atoms with van der Waals surface area (Å²) in [6.07, 6.45) is 3.19. The molecule has 0 amide bonds. The monoisotopic (exact) mass is 410 g/mol. The fourth-order valence-electron chi connectivity index (χ4n) is 2.48. The minimum absolute atomic E-state index is 0.0318. The fourth-order valence-corrected chi connectivity index (χ4v) is 3.39. The van der Waals surface area contributed by atoms with Gasteiger partial charge in [0.25, 0.3) is 0 Å². The van der Waals surface area contributed by atoms with Crippen molar-refractivity contribution in [1.82, 2.24) is 10.2 Å². The molecular weight excluding hydrogens is 392 g/mol. The van der Waals surface area contributed by atoms with Crippen molar-refractivity contribution >= 4 is 15.8 Å². The Morgan fingerprint density at radius 1 is 1.07 bits per heavy atom. The Kier molecular flexibility index (Phi) is 6.26. The lowest BCUT2D eigenvalue weighted by Gasteiger charge is -2.12. The van der Waals surface area contributed by atoms with Crippen molar-refractivity contribution < 1.29 is 17.3 Å². The molecule has 0 bridgehead atoms. The second kappa shape index (κ2) is 9.03. The van der Waals surface area contributed by atoms with Crippen LogP contribution in [0.3, 0.4) is 0 Å². The normalized spacial score (nSPS) is 10.8. The SMILES string of the molecule is Cc1cc(OCCNc2ccnnc2)cc(OS(=O)(=O)c2ccc(C#N)cc2)c1. The number of nitrogens with one attached hydrogen (secondary N) is 1. The molecule has 0 fully saturated rings. The predicted octanol–water partition coefficient (Wildman–Crippen LogP) is 2.92. The van der Waals surface area contributed by atoms with E-state index in [-0.39, 0.29) is 10.6 Å². The molecule has 8 nitrogen and oxygen atoms in total. The molecule has 0 aliphatic carbocycles. The van der Waals surface area contributed by atoms with Gasteiger partial charge in [-0.05, 0) is 55.0 Å². The maximum atomic E-state index is 12.5. The minimum atomic E-state index is -4.02. The summed E-state index contributed by atoms with van der Waals surface area (Å²) in [6, 6.07) is 14.2. The van der Waals surface area contributed by atoms with Crippen molar-refractivity contribution in [3.05, 3.63) is 72.1 Å². The Hall–Kier alpha value is -3.64. The Morgan fingerprint density at radius 3 is 2.52 bits per heavy atom. The van der Waals surface area contributed by atoms with Gasteiger partial charge >= 0.3 is 10.1 Å². The quantitative estimate of drug-likeness (QED) is 0.445. The third kappa shape index (κ3) is 5.67. The van der Waals surface area contributed by atoms with Crippen LogP contribution in [0.4, 0.5) is 5.69 Å². The molecule has 0 spiro atoms. The van der Waals surface area contributed by atoms with E-state index in [1.54, 1.807) is 30.6 Å². The number of anilines is 1. The van der Waals surface area contributed by atoms with Gasteiger partial charge in [0.15, 0.2) is 0 Å². The highest BCUT2D eigenvalue weighted by atomic mass is 32.2. The first-order chi connectivity index (χ1) is 14.0. The number of hydrogen-bond acceptors (Lipinski definition) is 8.